The summed E-state index contributed by atoms with van der Waals surface area (Å²) in [7, 11) is 0. The predicted molar refractivity (Wildman–Crippen MR) is 97.0 cm³/mol. The van der Waals surface area contributed by atoms with Gasteiger partial charge in [0.05, 0.1) is 16.1 Å². The van der Waals surface area contributed by atoms with Crippen molar-refractivity contribution >= 4 is 40.1 Å². The Morgan fingerprint density at radius 2 is 2.08 bits per heavy atom. The largest absolute Gasteiger partial charge is 0.478 e. The summed E-state index contributed by atoms with van der Waals surface area (Å²) in [6.07, 6.45) is 5.67. The van der Waals surface area contributed by atoms with Crippen molar-refractivity contribution in [3.05, 3.63) is 34.4 Å². The van der Waals surface area contributed by atoms with Gasteiger partial charge in [0.15, 0.2) is 12.4 Å². The lowest BCUT2D eigenvalue weighted by atomic mass is 10.1. The van der Waals surface area contributed by atoms with Gasteiger partial charge in [0.2, 0.25) is 0 Å². The molecule has 0 N–H and O–H groups in total. The zero-order valence-corrected chi connectivity index (χ0v) is 15.4. The number of hydrogen-bond donors (Lipinski definition) is 0. The lowest BCUT2D eigenvalue weighted by molar-refractivity contribution is -0.150. The zero-order valence-electron chi connectivity index (χ0n) is 13.9. The summed E-state index contributed by atoms with van der Waals surface area (Å²) in [5, 5.41) is 1.53. The van der Waals surface area contributed by atoms with Gasteiger partial charge in [0, 0.05) is 11.6 Å². The van der Waals surface area contributed by atoms with E-state index in [4.69, 9.17) is 32.7 Å². The van der Waals surface area contributed by atoms with Gasteiger partial charge in [-0.1, -0.05) is 43.0 Å². The summed E-state index contributed by atoms with van der Waals surface area (Å²) in [6.45, 7) is 3.81. The summed E-state index contributed by atoms with van der Waals surface area (Å²) >= 11 is 12.3. The number of esters is 1. The van der Waals surface area contributed by atoms with Gasteiger partial charge in [-0.3, -0.25) is 4.98 Å². The van der Waals surface area contributed by atoms with E-state index in [0.717, 1.165) is 31.1 Å². The highest BCUT2D eigenvalue weighted by atomic mass is 35.5. The third kappa shape index (κ3) is 4.99. The summed E-state index contributed by atoms with van der Waals surface area (Å²) in [5.74, 6) is -0.0821. The molecule has 0 bridgehead atoms. The number of rotatable bonds is 8. The lowest BCUT2D eigenvalue weighted by Crippen LogP contribution is -2.21. The van der Waals surface area contributed by atoms with Crippen molar-refractivity contribution < 1.29 is 14.3 Å². The second-order valence-electron chi connectivity index (χ2n) is 5.65. The number of aromatic nitrogens is 1. The Labute approximate surface area is 152 Å². The lowest BCUT2D eigenvalue weighted by Gasteiger charge is -2.14. The van der Waals surface area contributed by atoms with Gasteiger partial charge in [-0.2, -0.15) is 0 Å². The molecule has 0 amide bonds. The molecule has 24 heavy (non-hydrogen) atoms. The van der Waals surface area contributed by atoms with Crippen LogP contribution in [-0.4, -0.2) is 23.7 Å². The molecule has 1 heterocycles. The highest BCUT2D eigenvalue weighted by Gasteiger charge is 2.15. The molecule has 4 nitrogen and oxygen atoms in total. The fraction of sp³-hybridized carbons (Fsp3) is 0.444. The first kappa shape index (κ1) is 18.8. The number of pyridine rings is 1. The molecule has 6 heteroatoms. The fourth-order valence-corrected chi connectivity index (χ4v) is 2.98. The maximum atomic E-state index is 11.9. The van der Waals surface area contributed by atoms with Crippen molar-refractivity contribution in [1.82, 2.24) is 4.98 Å². The molecule has 130 valence electrons. The second kappa shape index (κ2) is 9.09. The molecule has 2 rings (SSSR count). The molecule has 0 aliphatic heterocycles. The Morgan fingerprint density at radius 3 is 2.83 bits per heavy atom. The van der Waals surface area contributed by atoms with Crippen LogP contribution >= 0.6 is 23.2 Å². The number of nitrogens with zero attached hydrogens (tertiary/aromatic N) is 1. The Morgan fingerprint density at radius 1 is 1.29 bits per heavy atom. The number of unbranched alkanes of at least 4 members (excludes halogenated alkanes) is 2. The summed E-state index contributed by atoms with van der Waals surface area (Å²) < 4.78 is 10.9. The highest BCUT2D eigenvalue weighted by molar-refractivity contribution is 6.39. The predicted octanol–water partition coefficient (Wildman–Crippen LogP) is 5.43. The molecule has 0 spiro atoms. The smallest absolute Gasteiger partial charge is 0.344 e. The van der Waals surface area contributed by atoms with Gasteiger partial charge in [-0.15, -0.1) is 0 Å². The van der Waals surface area contributed by atoms with Crippen molar-refractivity contribution in [1.29, 1.82) is 0 Å². The molecule has 0 saturated heterocycles. The van der Waals surface area contributed by atoms with E-state index in [1.165, 1.54) is 0 Å². The van der Waals surface area contributed by atoms with Gasteiger partial charge < -0.3 is 9.47 Å². The average Bonchev–Trinajstić information content (AvgIpc) is 2.55. The first-order chi connectivity index (χ1) is 11.5. The van der Waals surface area contributed by atoms with Crippen molar-refractivity contribution in [2.45, 2.75) is 45.6 Å². The van der Waals surface area contributed by atoms with Crippen molar-refractivity contribution in [3.63, 3.8) is 0 Å². The number of carbonyl (C=O) groups is 1. The van der Waals surface area contributed by atoms with E-state index in [1.54, 1.807) is 18.3 Å². The van der Waals surface area contributed by atoms with Crippen molar-refractivity contribution in [3.8, 4) is 5.75 Å². The minimum atomic E-state index is -0.422. The van der Waals surface area contributed by atoms with E-state index in [-0.39, 0.29) is 12.7 Å². The Hall–Kier alpha value is -1.52. The molecule has 1 unspecified atom stereocenters. The number of halogens is 2. The van der Waals surface area contributed by atoms with E-state index >= 15 is 0 Å². The van der Waals surface area contributed by atoms with Gasteiger partial charge in [0.1, 0.15) is 5.52 Å². The van der Waals surface area contributed by atoms with E-state index in [2.05, 4.69) is 11.9 Å². The van der Waals surface area contributed by atoms with Gasteiger partial charge in [-0.25, -0.2) is 4.79 Å². The molecular formula is C18H21Cl2NO3. The molecule has 1 atom stereocenters. The molecule has 0 fully saturated rings. The molecule has 2 aromatic rings. The Balaban J connectivity index is 1.99. The maximum absolute atomic E-state index is 11.9. The van der Waals surface area contributed by atoms with E-state index in [1.807, 2.05) is 13.0 Å². The molecule has 0 saturated carbocycles. The topological polar surface area (TPSA) is 48.4 Å². The zero-order chi connectivity index (χ0) is 17.5. The molecule has 0 aliphatic rings. The van der Waals surface area contributed by atoms with Gasteiger partial charge in [0.25, 0.3) is 0 Å². The standard InChI is InChI=1S/C18H21Cl2NO3/c1-3-4-5-7-12(2)24-16(22)11-23-18-15(20)10-14(19)13-8-6-9-21-17(13)18/h6,8-10,12H,3-5,7,11H2,1-2H3. The van der Waals surface area contributed by atoms with Gasteiger partial charge in [-0.05, 0) is 38.0 Å². The van der Waals surface area contributed by atoms with Crippen LogP contribution in [0.15, 0.2) is 24.4 Å². The third-order valence-electron chi connectivity index (χ3n) is 3.63. The average molecular weight is 370 g/mol. The van der Waals surface area contributed by atoms with E-state index in [9.17, 15) is 4.79 Å². The summed E-state index contributed by atoms with van der Waals surface area (Å²) in [6, 6.07) is 5.18. The van der Waals surface area contributed by atoms with Crippen LogP contribution in [0.25, 0.3) is 10.9 Å². The van der Waals surface area contributed by atoms with Crippen LogP contribution in [-0.2, 0) is 9.53 Å². The number of fused-ring (bicyclic) bond motifs is 1. The first-order valence-electron chi connectivity index (χ1n) is 8.08. The number of hydrogen-bond acceptors (Lipinski definition) is 4. The van der Waals surface area contributed by atoms with Crippen molar-refractivity contribution in [2.75, 3.05) is 6.61 Å². The quantitative estimate of drug-likeness (QED) is 0.459. The van der Waals surface area contributed by atoms with Crippen LogP contribution in [0.1, 0.15) is 39.5 Å². The fourth-order valence-electron chi connectivity index (χ4n) is 2.41. The molecular weight excluding hydrogens is 349 g/mol. The van der Waals surface area contributed by atoms with Crippen LogP contribution in [0.3, 0.4) is 0 Å². The SMILES string of the molecule is CCCCCC(C)OC(=O)COc1c(Cl)cc(Cl)c2cccnc12. The highest BCUT2D eigenvalue weighted by Crippen LogP contribution is 2.36. The van der Waals surface area contributed by atoms with Crippen LogP contribution in [0.5, 0.6) is 5.75 Å². The number of benzene rings is 1. The second-order valence-corrected chi connectivity index (χ2v) is 6.47. The third-order valence-corrected chi connectivity index (χ3v) is 4.23. The summed E-state index contributed by atoms with van der Waals surface area (Å²) in [4.78, 5) is 16.2. The molecule has 0 radical (unpaired) electrons. The molecule has 0 aliphatic carbocycles. The van der Waals surface area contributed by atoms with E-state index < -0.39 is 5.97 Å². The Bertz CT molecular complexity index is 706. The van der Waals surface area contributed by atoms with E-state index in [0.29, 0.717) is 21.3 Å². The van der Waals surface area contributed by atoms with Gasteiger partial charge >= 0.3 is 5.97 Å². The monoisotopic (exact) mass is 369 g/mol. The first-order valence-corrected chi connectivity index (χ1v) is 8.83. The minimum absolute atomic E-state index is 0.122. The van der Waals surface area contributed by atoms with Crippen molar-refractivity contribution in [2.24, 2.45) is 0 Å². The molecule has 1 aromatic heterocycles. The van der Waals surface area contributed by atoms with Crippen LogP contribution in [0.4, 0.5) is 0 Å². The number of ether oxygens (including phenoxy) is 2. The minimum Gasteiger partial charge on any atom is -0.478 e. The van der Waals surface area contributed by atoms with Crippen LogP contribution in [0.2, 0.25) is 10.0 Å². The normalized spacial score (nSPS) is 12.2. The van der Waals surface area contributed by atoms with Crippen LogP contribution in [0, 0.1) is 0 Å². The molecule has 1 aromatic carbocycles. The Kier molecular flexibility index (Phi) is 7.13. The number of carbonyl (C=O) groups excluding carboxylic acids is 1. The van der Waals surface area contributed by atoms with Crippen LogP contribution < -0.4 is 4.74 Å². The summed E-state index contributed by atoms with van der Waals surface area (Å²) in [5.41, 5.74) is 0.527. The maximum Gasteiger partial charge on any atom is 0.344 e.